The van der Waals surface area contributed by atoms with Crippen LogP contribution in [0.25, 0.3) is 22.6 Å². The van der Waals surface area contributed by atoms with Crippen LogP contribution < -0.4 is 4.90 Å². The monoisotopic (exact) mass is 487 g/mol. The molecule has 2 aromatic carbocycles. The van der Waals surface area contributed by atoms with Crippen molar-refractivity contribution in [3.8, 4) is 22.6 Å². The summed E-state index contributed by atoms with van der Waals surface area (Å²) in [7, 11) is 0. The second-order valence-corrected chi connectivity index (χ2v) is 7.67. The van der Waals surface area contributed by atoms with Gasteiger partial charge in [0.1, 0.15) is 11.5 Å². The summed E-state index contributed by atoms with van der Waals surface area (Å²) in [5.74, 6) is 0.336. The van der Waals surface area contributed by atoms with Gasteiger partial charge in [-0.05, 0) is 31.2 Å². The van der Waals surface area contributed by atoms with Crippen LogP contribution in [0.3, 0.4) is 0 Å². The third-order valence-electron chi connectivity index (χ3n) is 5.53. The minimum Gasteiger partial charge on any atom is -0.338 e. The number of H-pyrrole nitrogens is 1. The molecule has 34 heavy (non-hydrogen) atoms. The van der Waals surface area contributed by atoms with E-state index >= 15 is 0 Å². The van der Waals surface area contributed by atoms with Gasteiger partial charge in [0, 0.05) is 17.8 Å². The molecule has 4 aromatic rings. The Hall–Kier alpha value is -3.53. The lowest BCUT2D eigenvalue weighted by atomic mass is 10.1. The first-order valence-corrected chi connectivity index (χ1v) is 10.0. The summed E-state index contributed by atoms with van der Waals surface area (Å²) in [5.41, 5.74) is 2.16. The SMILES string of the molecule is C.C[C@H]1CN(c2ccc(C(F)(F)F)cc2)C(=O)c2c(-c3cnc(-c4ccccc4)[nH]3)cnn21.S. The second-order valence-electron chi connectivity index (χ2n) is 7.67. The Morgan fingerprint density at radius 3 is 2.35 bits per heavy atom. The fourth-order valence-corrected chi connectivity index (χ4v) is 3.91. The average Bonchev–Trinajstić information content (AvgIpc) is 3.44. The summed E-state index contributed by atoms with van der Waals surface area (Å²) < 4.78 is 40.4. The van der Waals surface area contributed by atoms with Crippen molar-refractivity contribution in [2.24, 2.45) is 0 Å². The number of hydrogen-bond acceptors (Lipinski definition) is 3. The van der Waals surface area contributed by atoms with E-state index in [2.05, 4.69) is 15.1 Å². The van der Waals surface area contributed by atoms with Gasteiger partial charge >= 0.3 is 6.18 Å². The molecule has 0 unspecified atom stereocenters. The van der Waals surface area contributed by atoms with Gasteiger partial charge in [-0.2, -0.15) is 31.8 Å². The van der Waals surface area contributed by atoms with E-state index in [1.54, 1.807) is 17.1 Å². The van der Waals surface area contributed by atoms with Gasteiger partial charge in [-0.3, -0.25) is 9.48 Å². The molecule has 1 aliphatic heterocycles. The molecular formula is C24H24F3N5OS. The molecule has 0 radical (unpaired) electrons. The summed E-state index contributed by atoms with van der Waals surface area (Å²) >= 11 is 0. The maximum Gasteiger partial charge on any atom is 0.416 e. The van der Waals surface area contributed by atoms with Crippen molar-refractivity contribution in [3.63, 3.8) is 0 Å². The van der Waals surface area contributed by atoms with E-state index in [1.807, 2.05) is 37.3 Å². The van der Waals surface area contributed by atoms with Crippen molar-refractivity contribution in [2.45, 2.75) is 26.6 Å². The molecule has 0 saturated heterocycles. The molecule has 1 aliphatic rings. The van der Waals surface area contributed by atoms with Gasteiger partial charge in [0.15, 0.2) is 0 Å². The zero-order valence-electron chi connectivity index (χ0n) is 17.5. The van der Waals surface area contributed by atoms with Crippen LogP contribution in [-0.2, 0) is 6.18 Å². The molecule has 0 spiro atoms. The van der Waals surface area contributed by atoms with Crippen LogP contribution in [-0.4, -0.2) is 32.2 Å². The molecule has 1 atom stereocenters. The zero-order valence-corrected chi connectivity index (χ0v) is 18.5. The van der Waals surface area contributed by atoms with E-state index in [4.69, 9.17) is 0 Å². The number of halogens is 3. The molecule has 2 aromatic heterocycles. The Morgan fingerprint density at radius 2 is 1.71 bits per heavy atom. The molecular weight excluding hydrogens is 463 g/mol. The maximum atomic E-state index is 13.4. The normalized spacial score (nSPS) is 15.4. The number of nitrogens with one attached hydrogen (secondary N) is 1. The number of nitrogens with zero attached hydrogens (tertiary/aromatic N) is 4. The van der Waals surface area contributed by atoms with Crippen LogP contribution in [0.1, 0.15) is 36.4 Å². The van der Waals surface area contributed by atoms with E-state index < -0.39 is 11.7 Å². The third-order valence-corrected chi connectivity index (χ3v) is 5.53. The molecule has 0 fully saturated rings. The number of amides is 1. The lowest BCUT2D eigenvalue weighted by molar-refractivity contribution is -0.137. The Morgan fingerprint density at radius 1 is 1.03 bits per heavy atom. The Labute approximate surface area is 201 Å². The van der Waals surface area contributed by atoms with Crippen LogP contribution in [0, 0.1) is 0 Å². The third kappa shape index (κ3) is 4.33. The Kier molecular flexibility index (Phi) is 6.92. The number of aromatic amines is 1. The lowest BCUT2D eigenvalue weighted by Crippen LogP contribution is -2.42. The van der Waals surface area contributed by atoms with Crippen LogP contribution >= 0.6 is 13.5 Å². The summed E-state index contributed by atoms with van der Waals surface area (Å²) in [6, 6.07) is 14.0. The maximum absolute atomic E-state index is 13.4. The molecule has 6 nitrogen and oxygen atoms in total. The standard InChI is InChI=1S/C23H18F3N5O.CH4.H2S/c1-14-13-30(17-9-7-16(8-10-17)23(24,25)26)22(32)20-18(11-28-31(14)20)19-12-27-21(29-19)15-5-3-2-4-6-15;;/h2-12,14H,13H2,1H3,(H,27,29);1H4;1H2/t14-;;/m0../s1. The van der Waals surface area contributed by atoms with Crippen LogP contribution in [0.15, 0.2) is 67.0 Å². The van der Waals surface area contributed by atoms with E-state index in [-0.39, 0.29) is 32.9 Å². The zero-order chi connectivity index (χ0) is 22.5. The van der Waals surface area contributed by atoms with Gasteiger partial charge in [-0.1, -0.05) is 37.8 Å². The lowest BCUT2D eigenvalue weighted by Gasteiger charge is -2.32. The first kappa shape index (κ1) is 25.1. The predicted molar refractivity (Wildman–Crippen MR) is 130 cm³/mol. The quantitative estimate of drug-likeness (QED) is 0.390. The summed E-state index contributed by atoms with van der Waals surface area (Å²) in [5, 5.41) is 4.39. The Balaban J connectivity index is 0.00000162. The van der Waals surface area contributed by atoms with Gasteiger partial charge in [-0.25, -0.2) is 4.98 Å². The van der Waals surface area contributed by atoms with Gasteiger partial charge in [0.05, 0.1) is 35.3 Å². The van der Waals surface area contributed by atoms with Crippen molar-refractivity contribution in [3.05, 3.63) is 78.2 Å². The number of rotatable bonds is 3. The summed E-state index contributed by atoms with van der Waals surface area (Å²) in [6.07, 6.45) is -1.17. The topological polar surface area (TPSA) is 66.8 Å². The molecule has 0 saturated carbocycles. The fraction of sp³-hybridized carbons (Fsp3) is 0.208. The molecule has 10 heteroatoms. The number of benzene rings is 2. The summed E-state index contributed by atoms with van der Waals surface area (Å²) in [4.78, 5) is 22.5. The molecule has 1 N–H and O–H groups in total. The highest BCUT2D eigenvalue weighted by molar-refractivity contribution is 7.59. The molecule has 1 amide bonds. The number of imidazole rings is 1. The number of hydrogen-bond donors (Lipinski definition) is 1. The van der Waals surface area contributed by atoms with E-state index in [9.17, 15) is 18.0 Å². The Bertz CT molecular complexity index is 1280. The van der Waals surface area contributed by atoms with Crippen molar-refractivity contribution in [2.75, 3.05) is 11.4 Å². The fourth-order valence-electron chi connectivity index (χ4n) is 3.91. The van der Waals surface area contributed by atoms with Crippen LogP contribution in [0.5, 0.6) is 0 Å². The van der Waals surface area contributed by atoms with Crippen molar-refractivity contribution >= 4 is 25.1 Å². The van der Waals surface area contributed by atoms with E-state index in [0.717, 1.165) is 17.7 Å². The highest BCUT2D eigenvalue weighted by Crippen LogP contribution is 2.35. The smallest absolute Gasteiger partial charge is 0.338 e. The van der Waals surface area contributed by atoms with E-state index in [1.165, 1.54) is 17.0 Å². The van der Waals surface area contributed by atoms with E-state index in [0.29, 0.717) is 35.0 Å². The van der Waals surface area contributed by atoms with Gasteiger partial charge in [0.2, 0.25) is 0 Å². The number of fused-ring (bicyclic) bond motifs is 1. The van der Waals surface area contributed by atoms with Crippen molar-refractivity contribution in [1.82, 2.24) is 19.7 Å². The first-order valence-electron chi connectivity index (χ1n) is 10.0. The second kappa shape index (κ2) is 9.38. The predicted octanol–water partition coefficient (Wildman–Crippen LogP) is 5.93. The minimum absolute atomic E-state index is 0. The number of carbonyl (C=O) groups excluding carboxylic acids is 1. The largest absolute Gasteiger partial charge is 0.416 e. The van der Waals surface area contributed by atoms with Crippen LogP contribution in [0.2, 0.25) is 0 Å². The van der Waals surface area contributed by atoms with Gasteiger partial charge in [-0.15, -0.1) is 0 Å². The molecule has 0 aliphatic carbocycles. The van der Waals surface area contributed by atoms with Gasteiger partial charge < -0.3 is 9.88 Å². The molecule has 178 valence electrons. The van der Waals surface area contributed by atoms with Crippen molar-refractivity contribution in [1.29, 1.82) is 0 Å². The minimum atomic E-state index is -4.43. The van der Waals surface area contributed by atoms with Crippen LogP contribution in [0.4, 0.5) is 18.9 Å². The number of alkyl halides is 3. The highest BCUT2D eigenvalue weighted by atomic mass is 32.1. The number of carbonyl (C=O) groups is 1. The average molecular weight is 488 g/mol. The first-order chi connectivity index (χ1) is 15.3. The number of anilines is 1. The van der Waals surface area contributed by atoms with Crippen molar-refractivity contribution < 1.29 is 18.0 Å². The highest BCUT2D eigenvalue weighted by Gasteiger charge is 2.35. The number of aromatic nitrogens is 4. The molecule has 0 bridgehead atoms. The van der Waals surface area contributed by atoms with Gasteiger partial charge in [0.25, 0.3) is 5.91 Å². The molecule has 3 heterocycles. The molecule has 5 rings (SSSR count). The summed E-state index contributed by atoms with van der Waals surface area (Å²) in [6.45, 7) is 2.21.